The van der Waals surface area contributed by atoms with E-state index in [1.54, 1.807) is 7.11 Å². The van der Waals surface area contributed by atoms with Gasteiger partial charge in [0, 0.05) is 6.54 Å². The van der Waals surface area contributed by atoms with E-state index >= 15 is 0 Å². The highest BCUT2D eigenvalue weighted by atomic mass is 16.5. The van der Waals surface area contributed by atoms with Crippen molar-refractivity contribution in [3.8, 4) is 11.5 Å². The number of nitrogens with one attached hydrogen (secondary N) is 1. The lowest BCUT2D eigenvalue weighted by molar-refractivity contribution is -0.141. The third-order valence-electron chi connectivity index (χ3n) is 2.40. The van der Waals surface area contributed by atoms with Crippen molar-refractivity contribution in [3.63, 3.8) is 0 Å². The van der Waals surface area contributed by atoms with Gasteiger partial charge in [-0.25, -0.2) is 0 Å². The monoisotopic (exact) mass is 253 g/mol. The van der Waals surface area contributed by atoms with E-state index in [0.717, 1.165) is 12.1 Å². The Kier molecular flexibility index (Phi) is 6.00. The van der Waals surface area contributed by atoms with Crippen molar-refractivity contribution in [2.75, 3.05) is 27.9 Å². The molecule has 0 aliphatic carbocycles. The highest BCUT2D eigenvalue weighted by molar-refractivity contribution is 5.69. The maximum absolute atomic E-state index is 11.0. The van der Waals surface area contributed by atoms with Crippen LogP contribution in [0, 0.1) is 0 Å². The number of methoxy groups -OCH3 is 2. The first-order valence-electron chi connectivity index (χ1n) is 5.72. The van der Waals surface area contributed by atoms with Gasteiger partial charge in [-0.15, -0.1) is 0 Å². The standard InChI is InChI=1S/C13H19NO4/c1-14-9-10-4-5-11(12(8-10)16-2)18-7-6-13(15)17-3/h4-5,8,14H,6-7,9H2,1-3H3. The minimum atomic E-state index is -0.291. The zero-order chi connectivity index (χ0) is 13.4. The number of hydrogen-bond donors (Lipinski definition) is 1. The predicted molar refractivity (Wildman–Crippen MR) is 67.9 cm³/mol. The number of carbonyl (C=O) groups excluding carboxylic acids is 1. The summed E-state index contributed by atoms with van der Waals surface area (Å²) >= 11 is 0. The Balaban J connectivity index is 2.61. The molecular formula is C13H19NO4. The second-order valence-electron chi connectivity index (χ2n) is 3.69. The molecule has 0 aliphatic heterocycles. The van der Waals surface area contributed by atoms with Gasteiger partial charge in [0.25, 0.3) is 0 Å². The summed E-state index contributed by atoms with van der Waals surface area (Å²) in [5, 5.41) is 3.06. The van der Waals surface area contributed by atoms with Crippen LogP contribution in [0.15, 0.2) is 18.2 Å². The van der Waals surface area contributed by atoms with E-state index < -0.39 is 0 Å². The van der Waals surface area contributed by atoms with Gasteiger partial charge in [0.05, 0.1) is 27.2 Å². The molecule has 0 radical (unpaired) electrons. The van der Waals surface area contributed by atoms with Crippen LogP contribution >= 0.6 is 0 Å². The van der Waals surface area contributed by atoms with Gasteiger partial charge in [0.1, 0.15) is 0 Å². The lowest BCUT2D eigenvalue weighted by atomic mass is 10.2. The summed E-state index contributed by atoms with van der Waals surface area (Å²) < 4.78 is 15.3. The van der Waals surface area contributed by atoms with Crippen molar-refractivity contribution in [2.24, 2.45) is 0 Å². The van der Waals surface area contributed by atoms with E-state index in [2.05, 4.69) is 10.1 Å². The molecule has 100 valence electrons. The van der Waals surface area contributed by atoms with Crippen molar-refractivity contribution < 1.29 is 19.0 Å². The Morgan fingerprint density at radius 1 is 1.28 bits per heavy atom. The molecule has 0 spiro atoms. The van der Waals surface area contributed by atoms with E-state index in [1.807, 2.05) is 25.2 Å². The molecule has 5 heteroatoms. The van der Waals surface area contributed by atoms with Gasteiger partial charge in [0.2, 0.25) is 0 Å². The Hall–Kier alpha value is -1.75. The number of rotatable bonds is 7. The van der Waals surface area contributed by atoms with Crippen LogP contribution in [-0.4, -0.2) is 33.8 Å². The summed E-state index contributed by atoms with van der Waals surface area (Å²) in [5.74, 6) is 0.995. The average Bonchev–Trinajstić information content (AvgIpc) is 2.40. The lowest BCUT2D eigenvalue weighted by Gasteiger charge is -2.11. The van der Waals surface area contributed by atoms with E-state index in [-0.39, 0.29) is 19.0 Å². The fourth-order valence-corrected chi connectivity index (χ4v) is 1.49. The number of carbonyl (C=O) groups is 1. The zero-order valence-corrected chi connectivity index (χ0v) is 11.0. The molecular weight excluding hydrogens is 234 g/mol. The summed E-state index contributed by atoms with van der Waals surface area (Å²) in [6, 6.07) is 5.69. The highest BCUT2D eigenvalue weighted by Crippen LogP contribution is 2.28. The molecule has 1 aromatic rings. The highest BCUT2D eigenvalue weighted by Gasteiger charge is 2.07. The van der Waals surface area contributed by atoms with Crippen LogP contribution in [0.1, 0.15) is 12.0 Å². The smallest absolute Gasteiger partial charge is 0.308 e. The molecule has 1 N–H and O–H groups in total. The Morgan fingerprint density at radius 3 is 2.67 bits per heavy atom. The first kappa shape index (κ1) is 14.3. The topological polar surface area (TPSA) is 56.8 Å². The number of esters is 1. The molecule has 0 fully saturated rings. The van der Waals surface area contributed by atoms with Gasteiger partial charge in [-0.3, -0.25) is 4.79 Å². The molecule has 0 aromatic heterocycles. The van der Waals surface area contributed by atoms with Gasteiger partial charge < -0.3 is 19.5 Å². The van der Waals surface area contributed by atoms with Crippen molar-refractivity contribution >= 4 is 5.97 Å². The molecule has 18 heavy (non-hydrogen) atoms. The normalized spacial score (nSPS) is 9.94. The molecule has 1 aromatic carbocycles. The quantitative estimate of drug-likeness (QED) is 0.743. The van der Waals surface area contributed by atoms with E-state index in [1.165, 1.54) is 7.11 Å². The third-order valence-corrected chi connectivity index (χ3v) is 2.40. The fourth-order valence-electron chi connectivity index (χ4n) is 1.49. The number of hydrogen-bond acceptors (Lipinski definition) is 5. The Morgan fingerprint density at radius 2 is 2.06 bits per heavy atom. The number of benzene rings is 1. The predicted octanol–water partition coefficient (Wildman–Crippen LogP) is 1.36. The molecule has 0 aliphatic rings. The third kappa shape index (κ3) is 4.25. The Bertz CT molecular complexity index is 393. The van der Waals surface area contributed by atoms with E-state index in [0.29, 0.717) is 11.5 Å². The van der Waals surface area contributed by atoms with Crippen LogP contribution in [0.4, 0.5) is 0 Å². The van der Waals surface area contributed by atoms with Crippen molar-refractivity contribution in [1.29, 1.82) is 0 Å². The molecule has 5 nitrogen and oxygen atoms in total. The van der Waals surface area contributed by atoms with Crippen LogP contribution in [0.5, 0.6) is 11.5 Å². The lowest BCUT2D eigenvalue weighted by Crippen LogP contribution is -2.09. The maximum atomic E-state index is 11.0. The van der Waals surface area contributed by atoms with Crippen molar-refractivity contribution in [2.45, 2.75) is 13.0 Å². The van der Waals surface area contributed by atoms with Crippen LogP contribution in [-0.2, 0) is 16.1 Å². The molecule has 0 saturated carbocycles. The molecule has 0 amide bonds. The van der Waals surface area contributed by atoms with Crippen molar-refractivity contribution in [3.05, 3.63) is 23.8 Å². The van der Waals surface area contributed by atoms with E-state index in [4.69, 9.17) is 9.47 Å². The SMILES string of the molecule is CNCc1ccc(OCCC(=O)OC)c(OC)c1. The molecule has 1 rings (SSSR count). The summed E-state index contributed by atoms with van der Waals surface area (Å²) in [7, 11) is 4.83. The van der Waals surface area contributed by atoms with Crippen LogP contribution < -0.4 is 14.8 Å². The molecule has 0 bridgehead atoms. The Labute approximate surface area is 107 Å². The largest absolute Gasteiger partial charge is 0.493 e. The summed E-state index contributed by atoms with van der Waals surface area (Å²) in [5.41, 5.74) is 1.11. The summed E-state index contributed by atoms with van der Waals surface area (Å²) in [4.78, 5) is 11.0. The second kappa shape index (κ2) is 7.55. The van der Waals surface area contributed by atoms with Crippen LogP contribution in [0.2, 0.25) is 0 Å². The number of ether oxygens (including phenoxy) is 3. The van der Waals surface area contributed by atoms with Crippen molar-refractivity contribution in [1.82, 2.24) is 5.32 Å². The van der Waals surface area contributed by atoms with Crippen LogP contribution in [0.25, 0.3) is 0 Å². The average molecular weight is 253 g/mol. The van der Waals surface area contributed by atoms with Gasteiger partial charge in [-0.1, -0.05) is 6.07 Å². The van der Waals surface area contributed by atoms with Crippen LogP contribution in [0.3, 0.4) is 0 Å². The summed E-state index contributed by atoms with van der Waals surface area (Å²) in [6.45, 7) is 1.03. The summed E-state index contributed by atoms with van der Waals surface area (Å²) in [6.07, 6.45) is 0.220. The molecule has 0 unspecified atom stereocenters. The fraction of sp³-hybridized carbons (Fsp3) is 0.462. The first-order chi connectivity index (χ1) is 8.71. The molecule has 0 heterocycles. The van der Waals surface area contributed by atoms with Gasteiger partial charge in [-0.2, -0.15) is 0 Å². The molecule has 0 atom stereocenters. The molecule has 0 saturated heterocycles. The zero-order valence-electron chi connectivity index (χ0n) is 11.0. The second-order valence-corrected chi connectivity index (χ2v) is 3.69. The minimum absolute atomic E-state index is 0.220. The first-order valence-corrected chi connectivity index (χ1v) is 5.72. The van der Waals surface area contributed by atoms with E-state index in [9.17, 15) is 4.79 Å². The van der Waals surface area contributed by atoms with Gasteiger partial charge in [-0.05, 0) is 24.7 Å². The van der Waals surface area contributed by atoms with Gasteiger partial charge >= 0.3 is 5.97 Å². The van der Waals surface area contributed by atoms with Gasteiger partial charge in [0.15, 0.2) is 11.5 Å². The maximum Gasteiger partial charge on any atom is 0.308 e. The minimum Gasteiger partial charge on any atom is -0.493 e.